The number of hydrogen-bond acceptors (Lipinski definition) is 4. The first kappa shape index (κ1) is 11.1. The lowest BCUT2D eigenvalue weighted by atomic mass is 9.92. The third-order valence-corrected chi connectivity index (χ3v) is 3.61. The zero-order valence-corrected chi connectivity index (χ0v) is 10.4. The smallest absolute Gasteiger partial charge is 0.338 e. The van der Waals surface area contributed by atoms with Gasteiger partial charge in [-0.2, -0.15) is 0 Å². The molecule has 3 aromatic rings. The molecule has 20 heavy (non-hydrogen) atoms. The lowest BCUT2D eigenvalue weighted by molar-refractivity contribution is 0.0535. The molecule has 2 heterocycles. The third kappa shape index (κ3) is 1.45. The van der Waals surface area contributed by atoms with Crippen LogP contribution in [0.5, 0.6) is 5.75 Å². The Hall–Kier alpha value is -2.75. The second-order valence-electron chi connectivity index (χ2n) is 4.77. The minimum atomic E-state index is -0.324. The molecule has 0 amide bonds. The number of furan rings is 1. The normalized spacial score (nSPS) is 13.5. The fraction of sp³-hybridized carbons (Fsp3) is 0.0625. The van der Waals surface area contributed by atoms with Gasteiger partial charge in [-0.25, -0.2) is 4.79 Å². The largest absolute Gasteiger partial charge is 0.508 e. The minimum absolute atomic E-state index is 0.168. The molecule has 2 aromatic carbocycles. The van der Waals surface area contributed by atoms with Crippen molar-refractivity contribution in [2.75, 3.05) is 0 Å². The van der Waals surface area contributed by atoms with Crippen LogP contribution in [0.15, 0.2) is 47.3 Å². The van der Waals surface area contributed by atoms with Crippen LogP contribution in [-0.4, -0.2) is 11.1 Å². The average molecular weight is 266 g/mol. The summed E-state index contributed by atoms with van der Waals surface area (Å²) < 4.78 is 10.3. The van der Waals surface area contributed by atoms with Crippen molar-refractivity contribution in [3.05, 3.63) is 54.0 Å². The zero-order valence-electron chi connectivity index (χ0n) is 10.4. The quantitative estimate of drug-likeness (QED) is 0.685. The molecular formula is C16H10O4. The highest BCUT2D eigenvalue weighted by molar-refractivity contribution is 6.07. The lowest BCUT2D eigenvalue weighted by Gasteiger charge is -2.09. The SMILES string of the molecule is O=C1OCc2c1cc1cc(O)ccc1c2-c1ccoc1. The van der Waals surface area contributed by atoms with Gasteiger partial charge in [0.25, 0.3) is 0 Å². The number of carbonyl (C=O) groups is 1. The summed E-state index contributed by atoms with van der Waals surface area (Å²) >= 11 is 0. The average Bonchev–Trinajstić information content (AvgIpc) is 3.07. The first-order valence-electron chi connectivity index (χ1n) is 6.22. The van der Waals surface area contributed by atoms with Crippen molar-refractivity contribution in [2.45, 2.75) is 6.61 Å². The first-order valence-corrected chi connectivity index (χ1v) is 6.22. The van der Waals surface area contributed by atoms with E-state index in [1.54, 1.807) is 30.7 Å². The van der Waals surface area contributed by atoms with Crippen molar-refractivity contribution < 1.29 is 19.1 Å². The van der Waals surface area contributed by atoms with Crippen LogP contribution in [0.25, 0.3) is 21.9 Å². The fourth-order valence-corrected chi connectivity index (χ4v) is 2.72. The number of phenolic OH excluding ortho intramolecular Hbond substituents is 1. The number of cyclic esters (lactones) is 1. The molecule has 0 fully saturated rings. The number of fused-ring (bicyclic) bond motifs is 2. The Morgan fingerprint density at radius 1 is 1.15 bits per heavy atom. The van der Waals surface area contributed by atoms with Gasteiger partial charge in [-0.3, -0.25) is 0 Å². The Labute approximate surface area is 114 Å². The van der Waals surface area contributed by atoms with E-state index in [1.165, 1.54) is 0 Å². The second kappa shape index (κ2) is 3.87. The number of hydrogen-bond donors (Lipinski definition) is 1. The van der Waals surface area contributed by atoms with Gasteiger partial charge in [-0.1, -0.05) is 6.07 Å². The summed E-state index contributed by atoms with van der Waals surface area (Å²) in [6.07, 6.45) is 3.24. The van der Waals surface area contributed by atoms with Crippen molar-refractivity contribution in [3.8, 4) is 16.9 Å². The summed E-state index contributed by atoms with van der Waals surface area (Å²) in [6.45, 7) is 0.269. The van der Waals surface area contributed by atoms with E-state index in [-0.39, 0.29) is 18.3 Å². The molecule has 0 atom stereocenters. The number of benzene rings is 2. The van der Waals surface area contributed by atoms with Crippen LogP contribution in [-0.2, 0) is 11.3 Å². The van der Waals surface area contributed by atoms with Gasteiger partial charge in [-0.15, -0.1) is 0 Å². The van der Waals surface area contributed by atoms with Crippen LogP contribution in [0.2, 0.25) is 0 Å². The van der Waals surface area contributed by atoms with Gasteiger partial charge in [0, 0.05) is 16.7 Å². The number of esters is 1. The van der Waals surface area contributed by atoms with E-state index >= 15 is 0 Å². The van der Waals surface area contributed by atoms with Crippen LogP contribution in [0, 0.1) is 0 Å². The number of aromatic hydroxyl groups is 1. The Balaban J connectivity index is 2.16. The van der Waals surface area contributed by atoms with E-state index in [0.717, 1.165) is 27.5 Å². The van der Waals surface area contributed by atoms with Crippen molar-refractivity contribution in [3.63, 3.8) is 0 Å². The molecule has 4 heteroatoms. The van der Waals surface area contributed by atoms with E-state index < -0.39 is 0 Å². The molecule has 0 radical (unpaired) electrons. The predicted molar refractivity (Wildman–Crippen MR) is 72.4 cm³/mol. The van der Waals surface area contributed by atoms with Gasteiger partial charge in [0.1, 0.15) is 12.4 Å². The summed E-state index contributed by atoms with van der Waals surface area (Å²) in [7, 11) is 0. The van der Waals surface area contributed by atoms with Gasteiger partial charge in [-0.05, 0) is 35.0 Å². The highest BCUT2D eigenvalue weighted by atomic mass is 16.5. The van der Waals surface area contributed by atoms with E-state index in [1.807, 2.05) is 12.1 Å². The maximum absolute atomic E-state index is 11.8. The lowest BCUT2D eigenvalue weighted by Crippen LogP contribution is -1.95. The molecule has 4 rings (SSSR count). The van der Waals surface area contributed by atoms with Crippen LogP contribution >= 0.6 is 0 Å². The van der Waals surface area contributed by atoms with Gasteiger partial charge in [0.05, 0.1) is 18.1 Å². The van der Waals surface area contributed by atoms with Crippen molar-refractivity contribution in [1.29, 1.82) is 0 Å². The molecule has 4 nitrogen and oxygen atoms in total. The molecule has 0 saturated heterocycles. The summed E-state index contributed by atoms with van der Waals surface area (Å²) in [4.78, 5) is 11.8. The molecular weight excluding hydrogens is 256 g/mol. The Bertz CT molecular complexity index is 831. The van der Waals surface area contributed by atoms with Crippen LogP contribution < -0.4 is 0 Å². The van der Waals surface area contributed by atoms with Crippen molar-refractivity contribution >= 4 is 16.7 Å². The molecule has 1 aromatic heterocycles. The summed E-state index contributed by atoms with van der Waals surface area (Å²) in [5, 5.41) is 11.4. The highest BCUT2D eigenvalue weighted by Gasteiger charge is 2.26. The molecule has 0 aliphatic carbocycles. The molecule has 0 unspecified atom stereocenters. The van der Waals surface area contributed by atoms with Crippen molar-refractivity contribution in [2.24, 2.45) is 0 Å². The van der Waals surface area contributed by atoms with Gasteiger partial charge in [0.2, 0.25) is 0 Å². The summed E-state index contributed by atoms with van der Waals surface area (Å²) in [5.41, 5.74) is 3.25. The Morgan fingerprint density at radius 2 is 2.05 bits per heavy atom. The van der Waals surface area contributed by atoms with E-state index in [9.17, 15) is 9.90 Å². The predicted octanol–water partition coefficient (Wildman–Crippen LogP) is 3.48. The van der Waals surface area contributed by atoms with Gasteiger partial charge in [0.15, 0.2) is 0 Å². The molecule has 1 aliphatic rings. The summed E-state index contributed by atoms with van der Waals surface area (Å²) in [6, 6.07) is 8.74. The zero-order chi connectivity index (χ0) is 13.7. The van der Waals surface area contributed by atoms with Gasteiger partial charge >= 0.3 is 5.97 Å². The first-order chi connectivity index (χ1) is 9.74. The van der Waals surface area contributed by atoms with E-state index in [4.69, 9.17) is 9.15 Å². The van der Waals surface area contributed by atoms with Crippen LogP contribution in [0.4, 0.5) is 0 Å². The number of rotatable bonds is 1. The topological polar surface area (TPSA) is 59.7 Å². The van der Waals surface area contributed by atoms with Crippen LogP contribution in [0.1, 0.15) is 15.9 Å². The molecule has 98 valence electrons. The fourth-order valence-electron chi connectivity index (χ4n) is 2.72. The maximum Gasteiger partial charge on any atom is 0.338 e. The molecule has 0 spiro atoms. The van der Waals surface area contributed by atoms with Crippen molar-refractivity contribution in [1.82, 2.24) is 0 Å². The minimum Gasteiger partial charge on any atom is -0.508 e. The highest BCUT2D eigenvalue weighted by Crippen LogP contribution is 2.39. The third-order valence-electron chi connectivity index (χ3n) is 3.61. The standard InChI is InChI=1S/C16H10O4/c17-11-1-2-12-10(5-11)6-13-14(8-20-16(13)18)15(12)9-3-4-19-7-9/h1-7,17H,8H2. The molecule has 0 bridgehead atoms. The Morgan fingerprint density at radius 3 is 2.85 bits per heavy atom. The number of carbonyl (C=O) groups excluding carboxylic acids is 1. The van der Waals surface area contributed by atoms with Gasteiger partial charge < -0.3 is 14.3 Å². The van der Waals surface area contributed by atoms with Crippen LogP contribution in [0.3, 0.4) is 0 Å². The monoisotopic (exact) mass is 266 g/mol. The van der Waals surface area contributed by atoms with E-state index in [2.05, 4.69) is 0 Å². The van der Waals surface area contributed by atoms with E-state index in [0.29, 0.717) is 5.56 Å². The molecule has 1 N–H and O–H groups in total. The number of ether oxygens (including phenoxy) is 1. The number of phenols is 1. The maximum atomic E-state index is 11.8. The second-order valence-corrected chi connectivity index (χ2v) is 4.77. The molecule has 1 aliphatic heterocycles. The molecule has 0 saturated carbocycles. The summed E-state index contributed by atoms with van der Waals surface area (Å²) in [5.74, 6) is -0.156. The Kier molecular flexibility index (Phi) is 2.15.